The summed E-state index contributed by atoms with van der Waals surface area (Å²) in [6, 6.07) is 0. The number of alkyl halides is 1. The Bertz CT molecular complexity index is 280. The van der Waals surface area contributed by atoms with Crippen molar-refractivity contribution >= 4 is 11.6 Å². The molecule has 5 heteroatoms. The van der Waals surface area contributed by atoms with E-state index in [2.05, 4.69) is 15.2 Å². The van der Waals surface area contributed by atoms with Gasteiger partial charge in [0.05, 0.1) is 6.20 Å². The van der Waals surface area contributed by atoms with Crippen LogP contribution in [0.5, 0.6) is 0 Å². The van der Waals surface area contributed by atoms with Crippen LogP contribution in [0.2, 0.25) is 0 Å². The molecule has 1 aliphatic rings. The summed E-state index contributed by atoms with van der Waals surface area (Å²) < 4.78 is 1.89. The first-order valence-corrected chi connectivity index (χ1v) is 6.54. The van der Waals surface area contributed by atoms with Crippen LogP contribution in [0.3, 0.4) is 0 Å². The molecular formula is C11H19ClN4. The fraction of sp³-hybridized carbons (Fsp3) is 0.818. The molecule has 90 valence electrons. The molecule has 2 rings (SSSR count). The van der Waals surface area contributed by atoms with Crippen LogP contribution in [0.15, 0.2) is 12.4 Å². The molecule has 0 atom stereocenters. The topological polar surface area (TPSA) is 34.0 Å². The summed E-state index contributed by atoms with van der Waals surface area (Å²) in [5.74, 6) is 1.57. The molecular weight excluding hydrogens is 224 g/mol. The Kier molecular flexibility index (Phi) is 4.60. The Morgan fingerprint density at radius 1 is 1.25 bits per heavy atom. The molecule has 0 aromatic carbocycles. The molecule has 0 aliphatic carbocycles. The van der Waals surface area contributed by atoms with Gasteiger partial charge < -0.3 is 4.90 Å². The van der Waals surface area contributed by atoms with E-state index in [1.165, 1.54) is 25.9 Å². The van der Waals surface area contributed by atoms with Crippen LogP contribution in [-0.4, -0.2) is 45.4 Å². The van der Waals surface area contributed by atoms with Gasteiger partial charge >= 0.3 is 0 Å². The van der Waals surface area contributed by atoms with Gasteiger partial charge in [-0.2, -0.15) is 0 Å². The van der Waals surface area contributed by atoms with Gasteiger partial charge in [-0.15, -0.1) is 16.7 Å². The third-order valence-electron chi connectivity index (χ3n) is 3.26. The zero-order valence-electron chi connectivity index (χ0n) is 9.56. The Hall–Kier alpha value is -0.610. The number of rotatable bonds is 5. The van der Waals surface area contributed by atoms with Crippen molar-refractivity contribution in [1.29, 1.82) is 0 Å². The molecule has 1 aliphatic heterocycles. The van der Waals surface area contributed by atoms with Gasteiger partial charge in [0.2, 0.25) is 0 Å². The molecule has 1 aromatic heterocycles. The Labute approximate surface area is 102 Å². The van der Waals surface area contributed by atoms with E-state index in [0.717, 1.165) is 31.3 Å². The standard InChI is InChI=1S/C11H19ClN4/c12-10-11-2-7-15(8-3-11)5-1-6-16-9-4-13-14-16/h4,9,11H,1-3,5-8,10H2. The minimum atomic E-state index is 0.744. The van der Waals surface area contributed by atoms with Crippen LogP contribution in [-0.2, 0) is 6.54 Å². The maximum absolute atomic E-state index is 5.86. The third kappa shape index (κ3) is 3.46. The van der Waals surface area contributed by atoms with Crippen molar-refractivity contribution in [3.8, 4) is 0 Å². The average molecular weight is 243 g/mol. The number of aromatic nitrogens is 3. The lowest BCUT2D eigenvalue weighted by molar-refractivity contribution is 0.188. The normalized spacial score (nSPS) is 19.1. The molecule has 1 saturated heterocycles. The lowest BCUT2D eigenvalue weighted by atomic mass is 9.99. The molecule has 1 aromatic rings. The van der Waals surface area contributed by atoms with Gasteiger partial charge in [-0.1, -0.05) is 5.21 Å². The maximum atomic E-state index is 5.86. The first kappa shape index (κ1) is 11.9. The first-order valence-electron chi connectivity index (χ1n) is 6.01. The molecule has 16 heavy (non-hydrogen) atoms. The first-order chi connectivity index (χ1) is 7.88. The van der Waals surface area contributed by atoms with Crippen LogP contribution in [0, 0.1) is 5.92 Å². The van der Waals surface area contributed by atoms with E-state index >= 15 is 0 Å². The summed E-state index contributed by atoms with van der Waals surface area (Å²) in [6.45, 7) is 4.54. The molecule has 0 N–H and O–H groups in total. The lowest BCUT2D eigenvalue weighted by Crippen LogP contribution is -2.35. The number of halogens is 1. The monoisotopic (exact) mass is 242 g/mol. The number of hydrogen-bond acceptors (Lipinski definition) is 3. The summed E-state index contributed by atoms with van der Waals surface area (Å²) in [7, 11) is 0. The molecule has 4 nitrogen and oxygen atoms in total. The van der Waals surface area contributed by atoms with Gasteiger partial charge in [0, 0.05) is 18.6 Å². The smallest absolute Gasteiger partial charge is 0.0692 e. The van der Waals surface area contributed by atoms with E-state index in [1.54, 1.807) is 6.20 Å². The number of hydrogen-bond donors (Lipinski definition) is 0. The Morgan fingerprint density at radius 2 is 2.06 bits per heavy atom. The van der Waals surface area contributed by atoms with Gasteiger partial charge in [-0.25, -0.2) is 0 Å². The quantitative estimate of drug-likeness (QED) is 0.736. The van der Waals surface area contributed by atoms with E-state index in [-0.39, 0.29) is 0 Å². The Balaban J connectivity index is 1.60. The highest BCUT2D eigenvalue weighted by Crippen LogP contribution is 2.18. The highest BCUT2D eigenvalue weighted by atomic mass is 35.5. The predicted molar refractivity (Wildman–Crippen MR) is 64.5 cm³/mol. The Morgan fingerprint density at radius 3 is 2.69 bits per heavy atom. The van der Waals surface area contributed by atoms with E-state index < -0.39 is 0 Å². The average Bonchev–Trinajstić information content (AvgIpc) is 2.83. The highest BCUT2D eigenvalue weighted by molar-refractivity contribution is 6.18. The SMILES string of the molecule is ClCC1CCN(CCCn2ccnn2)CC1. The van der Waals surface area contributed by atoms with Crippen molar-refractivity contribution in [2.45, 2.75) is 25.8 Å². The largest absolute Gasteiger partial charge is 0.303 e. The third-order valence-corrected chi connectivity index (χ3v) is 3.70. The van der Waals surface area contributed by atoms with Gasteiger partial charge in [-0.05, 0) is 44.8 Å². The lowest BCUT2D eigenvalue weighted by Gasteiger charge is -2.30. The fourth-order valence-corrected chi connectivity index (χ4v) is 2.48. The summed E-state index contributed by atoms with van der Waals surface area (Å²) in [5, 5.41) is 7.75. The van der Waals surface area contributed by atoms with Crippen molar-refractivity contribution in [2.75, 3.05) is 25.5 Å². The van der Waals surface area contributed by atoms with Crippen LogP contribution in [0.25, 0.3) is 0 Å². The van der Waals surface area contributed by atoms with Gasteiger partial charge in [0.15, 0.2) is 0 Å². The summed E-state index contributed by atoms with van der Waals surface area (Å²) in [5.41, 5.74) is 0. The van der Waals surface area contributed by atoms with Crippen molar-refractivity contribution in [3.05, 3.63) is 12.4 Å². The van der Waals surface area contributed by atoms with Gasteiger partial charge in [0.1, 0.15) is 0 Å². The van der Waals surface area contributed by atoms with Gasteiger partial charge in [0.25, 0.3) is 0 Å². The van der Waals surface area contributed by atoms with Crippen LogP contribution < -0.4 is 0 Å². The summed E-state index contributed by atoms with van der Waals surface area (Å²) in [6.07, 6.45) is 7.31. The number of piperidine rings is 1. The van der Waals surface area contributed by atoms with Crippen molar-refractivity contribution in [1.82, 2.24) is 19.9 Å². The van der Waals surface area contributed by atoms with Gasteiger partial charge in [-0.3, -0.25) is 4.68 Å². The van der Waals surface area contributed by atoms with E-state index in [4.69, 9.17) is 11.6 Å². The van der Waals surface area contributed by atoms with Crippen molar-refractivity contribution in [3.63, 3.8) is 0 Å². The maximum Gasteiger partial charge on any atom is 0.0692 e. The molecule has 0 saturated carbocycles. The fourth-order valence-electron chi connectivity index (χ4n) is 2.17. The van der Waals surface area contributed by atoms with Crippen LogP contribution in [0.4, 0.5) is 0 Å². The second kappa shape index (κ2) is 6.21. The van der Waals surface area contributed by atoms with E-state index in [9.17, 15) is 0 Å². The van der Waals surface area contributed by atoms with Crippen LogP contribution in [0.1, 0.15) is 19.3 Å². The second-order valence-corrected chi connectivity index (χ2v) is 4.77. The highest BCUT2D eigenvalue weighted by Gasteiger charge is 2.17. The summed E-state index contributed by atoms with van der Waals surface area (Å²) >= 11 is 5.86. The second-order valence-electron chi connectivity index (χ2n) is 4.46. The number of likely N-dealkylation sites (tertiary alicyclic amines) is 1. The van der Waals surface area contributed by atoms with E-state index in [1.807, 2.05) is 10.9 Å². The molecule has 0 amide bonds. The molecule has 2 heterocycles. The predicted octanol–water partition coefficient (Wildman–Crippen LogP) is 1.62. The minimum Gasteiger partial charge on any atom is -0.303 e. The zero-order chi connectivity index (χ0) is 11.2. The number of nitrogens with zero attached hydrogens (tertiary/aromatic N) is 4. The van der Waals surface area contributed by atoms with E-state index in [0.29, 0.717) is 0 Å². The van der Waals surface area contributed by atoms with Crippen LogP contribution >= 0.6 is 11.6 Å². The molecule has 0 radical (unpaired) electrons. The molecule has 0 spiro atoms. The molecule has 0 bridgehead atoms. The number of aryl methyl sites for hydroxylation is 1. The zero-order valence-corrected chi connectivity index (χ0v) is 10.3. The molecule has 0 unspecified atom stereocenters. The van der Waals surface area contributed by atoms with Crippen molar-refractivity contribution in [2.24, 2.45) is 5.92 Å². The summed E-state index contributed by atoms with van der Waals surface area (Å²) in [4.78, 5) is 2.53. The molecule has 1 fully saturated rings. The minimum absolute atomic E-state index is 0.744. The van der Waals surface area contributed by atoms with Crippen molar-refractivity contribution < 1.29 is 0 Å².